The minimum absolute atomic E-state index is 0.144. The average molecular weight is 860 g/mol. The van der Waals surface area contributed by atoms with Crippen LogP contribution < -0.4 is 4.74 Å². The molecular formula is C63H41NO3. The maximum Gasteiger partial charge on any atom is 0.135 e. The summed E-state index contributed by atoms with van der Waals surface area (Å²) in [5.74, 6) is 1.94. The van der Waals surface area contributed by atoms with E-state index in [-0.39, 0.29) is 11.8 Å². The van der Waals surface area contributed by atoms with Crippen molar-refractivity contribution in [2.45, 2.75) is 18.8 Å². The van der Waals surface area contributed by atoms with Crippen LogP contribution in [0, 0.1) is 0 Å². The summed E-state index contributed by atoms with van der Waals surface area (Å²) >= 11 is 0. The first-order chi connectivity index (χ1) is 33.1. The topological polar surface area (TPSA) is 40.4 Å². The summed E-state index contributed by atoms with van der Waals surface area (Å²) in [6.45, 7) is 2.37. The van der Waals surface area contributed by atoms with Crippen molar-refractivity contribution in [1.29, 1.82) is 0 Å². The van der Waals surface area contributed by atoms with Crippen LogP contribution in [0.4, 0.5) is 0 Å². The van der Waals surface area contributed by atoms with Gasteiger partial charge in [-0.3, -0.25) is 0 Å². The molecular weight excluding hydrogens is 819 g/mol. The number of benzene rings is 10. The Morgan fingerprint density at radius 2 is 0.910 bits per heavy atom. The van der Waals surface area contributed by atoms with Crippen molar-refractivity contribution in [2.24, 2.45) is 0 Å². The third kappa shape index (κ3) is 6.00. The highest BCUT2D eigenvalue weighted by Crippen LogP contribution is 2.52. The lowest BCUT2D eigenvalue weighted by Crippen LogP contribution is -2.17. The lowest BCUT2D eigenvalue weighted by atomic mass is 9.69. The van der Waals surface area contributed by atoms with E-state index >= 15 is 0 Å². The number of hydrogen-bond acceptors (Lipinski definition) is 3. The molecule has 0 amide bonds. The van der Waals surface area contributed by atoms with Crippen LogP contribution in [-0.2, 0) is 0 Å². The molecule has 3 heterocycles. The monoisotopic (exact) mass is 859 g/mol. The summed E-state index contributed by atoms with van der Waals surface area (Å²) in [6, 6.07) is 78.2. The minimum atomic E-state index is 0.144. The Morgan fingerprint density at radius 1 is 0.373 bits per heavy atom. The molecule has 13 aromatic rings. The van der Waals surface area contributed by atoms with E-state index in [1.54, 1.807) is 0 Å². The summed E-state index contributed by atoms with van der Waals surface area (Å²) in [5, 5.41) is 6.79. The number of nitrogens with zero attached hydrogens (tertiary/aromatic N) is 1. The smallest absolute Gasteiger partial charge is 0.135 e. The molecule has 2 atom stereocenters. The first kappa shape index (κ1) is 37.7. The van der Waals surface area contributed by atoms with Gasteiger partial charge in [0.05, 0.1) is 11.0 Å². The van der Waals surface area contributed by atoms with Crippen molar-refractivity contribution in [2.75, 3.05) is 0 Å². The van der Waals surface area contributed by atoms with Crippen molar-refractivity contribution in [3.63, 3.8) is 0 Å². The van der Waals surface area contributed by atoms with Crippen molar-refractivity contribution in [3.8, 4) is 50.6 Å². The van der Waals surface area contributed by atoms with Crippen molar-refractivity contribution >= 4 is 65.7 Å². The lowest BCUT2D eigenvalue weighted by molar-refractivity contribution is 0.483. The van der Waals surface area contributed by atoms with E-state index in [9.17, 15) is 0 Å². The third-order valence-electron chi connectivity index (χ3n) is 14.3. The van der Waals surface area contributed by atoms with Crippen LogP contribution >= 0.6 is 0 Å². The molecule has 4 heteroatoms. The summed E-state index contributed by atoms with van der Waals surface area (Å²) in [6.07, 6.45) is 0. The van der Waals surface area contributed by atoms with Crippen LogP contribution in [0.1, 0.15) is 35.4 Å². The zero-order chi connectivity index (χ0) is 44.2. The maximum atomic E-state index is 6.95. The Bertz CT molecular complexity index is 4100. The maximum absolute atomic E-state index is 6.95. The first-order valence-corrected chi connectivity index (χ1v) is 23.1. The van der Waals surface area contributed by atoms with Crippen LogP contribution in [0.3, 0.4) is 0 Å². The number of ether oxygens (including phenoxy) is 1. The molecule has 0 aliphatic heterocycles. The molecule has 0 saturated carbocycles. The molecule has 0 fully saturated rings. The highest BCUT2D eigenvalue weighted by Gasteiger charge is 2.33. The molecule has 0 bridgehead atoms. The number of hydrogen-bond donors (Lipinski definition) is 0. The zero-order valence-electron chi connectivity index (χ0n) is 36.6. The van der Waals surface area contributed by atoms with Gasteiger partial charge in [-0.25, -0.2) is 0 Å². The molecule has 2 unspecified atom stereocenters. The third-order valence-corrected chi connectivity index (χ3v) is 14.3. The molecule has 316 valence electrons. The Kier molecular flexibility index (Phi) is 8.29. The standard InChI is InChI=1S/C63H41NO3/c1-38-47-27-24-45(36-52(47)51-32-41(39-12-4-2-5-13-39)20-26-50(51)63(38)43-22-30-61-55(34-43)48-16-8-10-18-59(48)66-61)65-46-25-29-58-54(37-46)53-33-42(40-14-6-3-7-15-40)21-28-57(53)64(58)44-23-31-62-56(35-44)49-17-9-11-19-60(49)67-62/h2-38,63H,1H3. The fourth-order valence-electron chi connectivity index (χ4n) is 11.1. The van der Waals surface area contributed by atoms with Gasteiger partial charge in [0.25, 0.3) is 0 Å². The molecule has 67 heavy (non-hydrogen) atoms. The fourth-order valence-corrected chi connectivity index (χ4v) is 11.1. The highest BCUT2D eigenvalue weighted by atomic mass is 16.5. The Morgan fingerprint density at radius 3 is 1.64 bits per heavy atom. The van der Waals surface area contributed by atoms with Gasteiger partial charge in [-0.1, -0.05) is 134 Å². The van der Waals surface area contributed by atoms with Gasteiger partial charge < -0.3 is 18.1 Å². The van der Waals surface area contributed by atoms with E-state index in [2.05, 4.69) is 212 Å². The van der Waals surface area contributed by atoms with E-state index in [4.69, 9.17) is 13.6 Å². The van der Waals surface area contributed by atoms with E-state index in [1.807, 2.05) is 18.2 Å². The number of rotatable bonds is 6. The van der Waals surface area contributed by atoms with Crippen LogP contribution in [0.25, 0.3) is 105 Å². The molecule has 3 aromatic heterocycles. The SMILES string of the molecule is CC1c2ccc(Oc3ccc4c(c3)c3cc(-c5ccccc5)ccc3n4-c3ccc4oc5ccccc5c4c3)cc2-c2cc(-c3ccccc3)ccc2C1c1ccc2oc3ccccc3c2c1. The fraction of sp³-hybridized carbons (Fsp3) is 0.0476. The van der Waals surface area contributed by atoms with Crippen LogP contribution in [0.15, 0.2) is 227 Å². The minimum Gasteiger partial charge on any atom is -0.457 e. The van der Waals surface area contributed by atoms with Gasteiger partial charge in [-0.2, -0.15) is 0 Å². The van der Waals surface area contributed by atoms with Crippen molar-refractivity contribution in [1.82, 2.24) is 4.57 Å². The molecule has 10 aromatic carbocycles. The average Bonchev–Trinajstić information content (AvgIpc) is 4.05. The van der Waals surface area contributed by atoms with E-state index in [0.717, 1.165) is 82.9 Å². The molecule has 4 nitrogen and oxygen atoms in total. The van der Waals surface area contributed by atoms with Crippen molar-refractivity contribution in [3.05, 3.63) is 235 Å². The second-order valence-electron chi connectivity index (χ2n) is 18.0. The number of aromatic nitrogens is 1. The molecule has 0 radical (unpaired) electrons. The molecule has 0 N–H and O–H groups in total. The van der Waals surface area contributed by atoms with Crippen LogP contribution in [-0.4, -0.2) is 4.57 Å². The second-order valence-corrected chi connectivity index (χ2v) is 18.0. The van der Waals surface area contributed by atoms with Gasteiger partial charge in [0, 0.05) is 43.9 Å². The summed E-state index contributed by atoms with van der Waals surface area (Å²) in [4.78, 5) is 0. The molecule has 0 spiro atoms. The highest BCUT2D eigenvalue weighted by molar-refractivity contribution is 6.12. The Balaban J connectivity index is 0.896. The van der Waals surface area contributed by atoms with Gasteiger partial charge in [0.15, 0.2) is 0 Å². The van der Waals surface area contributed by atoms with Crippen LogP contribution in [0.5, 0.6) is 11.5 Å². The molecule has 14 rings (SSSR count). The van der Waals surface area contributed by atoms with Gasteiger partial charge >= 0.3 is 0 Å². The van der Waals surface area contributed by atoms with Gasteiger partial charge in [-0.05, 0) is 147 Å². The molecule has 1 aliphatic carbocycles. The predicted octanol–water partition coefficient (Wildman–Crippen LogP) is 17.6. The number of furan rings is 2. The molecule has 1 aliphatic rings. The number of para-hydroxylation sites is 2. The number of fused-ring (bicyclic) bond motifs is 12. The summed E-state index contributed by atoms with van der Waals surface area (Å²) in [5.41, 5.74) is 18.0. The van der Waals surface area contributed by atoms with Crippen molar-refractivity contribution < 1.29 is 13.6 Å². The zero-order valence-corrected chi connectivity index (χ0v) is 36.6. The van der Waals surface area contributed by atoms with E-state index in [0.29, 0.717) is 0 Å². The largest absolute Gasteiger partial charge is 0.457 e. The van der Waals surface area contributed by atoms with Gasteiger partial charge in [0.1, 0.15) is 33.8 Å². The van der Waals surface area contributed by atoms with Gasteiger partial charge in [-0.15, -0.1) is 0 Å². The Labute approximate surface area is 386 Å². The second kappa shape index (κ2) is 14.7. The van der Waals surface area contributed by atoms with E-state index < -0.39 is 0 Å². The van der Waals surface area contributed by atoms with E-state index in [1.165, 1.54) is 50.1 Å². The van der Waals surface area contributed by atoms with Gasteiger partial charge in [0.2, 0.25) is 0 Å². The lowest BCUT2D eigenvalue weighted by Gasteiger charge is -2.34. The van der Waals surface area contributed by atoms with Crippen LogP contribution in [0.2, 0.25) is 0 Å². The normalized spacial score (nSPS) is 14.6. The Hall–Kier alpha value is -8.60. The quantitative estimate of drug-likeness (QED) is 0.167. The summed E-state index contributed by atoms with van der Waals surface area (Å²) in [7, 11) is 0. The summed E-state index contributed by atoms with van der Waals surface area (Å²) < 4.78 is 21.8. The molecule has 0 saturated heterocycles. The first-order valence-electron chi connectivity index (χ1n) is 23.1. The predicted molar refractivity (Wildman–Crippen MR) is 275 cm³/mol.